The molecule has 0 radical (unpaired) electrons. The van der Waals surface area contributed by atoms with Gasteiger partial charge in [0.25, 0.3) is 0 Å². The summed E-state index contributed by atoms with van der Waals surface area (Å²) in [6.07, 6.45) is -0.269. The maximum atomic E-state index is 11.9. The lowest BCUT2D eigenvalue weighted by molar-refractivity contribution is -0.117. The molecule has 2 N–H and O–H groups in total. The zero-order valence-electron chi connectivity index (χ0n) is 11.5. The minimum absolute atomic E-state index is 0.267. The summed E-state index contributed by atoms with van der Waals surface area (Å²) < 4.78 is 0. The van der Waals surface area contributed by atoms with Crippen LogP contribution in [0.4, 0.5) is 0 Å². The van der Waals surface area contributed by atoms with E-state index in [1.54, 1.807) is 18.2 Å². The van der Waals surface area contributed by atoms with Gasteiger partial charge in [0.15, 0.2) is 5.78 Å². The van der Waals surface area contributed by atoms with E-state index in [0.29, 0.717) is 5.56 Å². The molecule has 0 unspecified atom stereocenters. The van der Waals surface area contributed by atoms with Crippen LogP contribution in [0.25, 0.3) is 11.1 Å². The van der Waals surface area contributed by atoms with E-state index >= 15 is 0 Å². The molecule has 2 rings (SSSR count). The predicted molar refractivity (Wildman–Crippen MR) is 77.3 cm³/mol. The Labute approximate surface area is 117 Å². The highest BCUT2D eigenvalue weighted by Gasteiger charge is 2.11. The van der Waals surface area contributed by atoms with E-state index in [9.17, 15) is 9.59 Å². The standard InChI is InChI=1S/C16H16N2O2/c1-10-6-7-14(11(2)18-10)12-4-3-5-13(8-12)15(19)9-16(17)20/h3-8H,9H2,1-2H3,(H2,17,20). The number of carbonyl (C=O) groups excluding carboxylic acids is 2. The van der Waals surface area contributed by atoms with Crippen molar-refractivity contribution in [3.05, 3.63) is 53.3 Å². The molecule has 0 bridgehead atoms. The van der Waals surface area contributed by atoms with E-state index in [-0.39, 0.29) is 12.2 Å². The fourth-order valence-corrected chi connectivity index (χ4v) is 2.11. The van der Waals surface area contributed by atoms with Crippen molar-refractivity contribution in [1.29, 1.82) is 0 Å². The number of hydrogen-bond donors (Lipinski definition) is 1. The third-order valence-corrected chi connectivity index (χ3v) is 3.06. The Balaban J connectivity index is 2.39. The molecule has 0 aliphatic carbocycles. The number of rotatable bonds is 4. The van der Waals surface area contributed by atoms with Crippen molar-refractivity contribution >= 4 is 11.7 Å². The molecule has 0 saturated carbocycles. The number of aryl methyl sites for hydroxylation is 2. The summed E-state index contributed by atoms with van der Waals surface area (Å²) >= 11 is 0. The van der Waals surface area contributed by atoms with E-state index in [4.69, 9.17) is 5.73 Å². The van der Waals surface area contributed by atoms with Crippen LogP contribution in [0.5, 0.6) is 0 Å². The minimum Gasteiger partial charge on any atom is -0.369 e. The van der Waals surface area contributed by atoms with Gasteiger partial charge in [-0.25, -0.2) is 0 Å². The summed E-state index contributed by atoms with van der Waals surface area (Å²) in [6, 6.07) is 11.1. The normalized spacial score (nSPS) is 10.3. The number of ketones is 1. The van der Waals surface area contributed by atoms with Gasteiger partial charge in [-0.05, 0) is 31.5 Å². The van der Waals surface area contributed by atoms with Crippen LogP contribution in [0.1, 0.15) is 28.2 Å². The number of primary amides is 1. The molecular formula is C16H16N2O2. The summed E-state index contributed by atoms with van der Waals surface area (Å²) in [6.45, 7) is 3.86. The largest absolute Gasteiger partial charge is 0.369 e. The van der Waals surface area contributed by atoms with Gasteiger partial charge in [0.1, 0.15) is 0 Å². The Morgan fingerprint density at radius 3 is 2.55 bits per heavy atom. The van der Waals surface area contributed by atoms with Crippen molar-refractivity contribution in [2.45, 2.75) is 20.3 Å². The van der Waals surface area contributed by atoms with Crippen molar-refractivity contribution in [1.82, 2.24) is 4.98 Å². The van der Waals surface area contributed by atoms with Crippen LogP contribution < -0.4 is 5.73 Å². The summed E-state index contributed by atoms with van der Waals surface area (Å²) in [7, 11) is 0. The van der Waals surface area contributed by atoms with Crippen LogP contribution in [-0.4, -0.2) is 16.7 Å². The average molecular weight is 268 g/mol. The second-order valence-electron chi connectivity index (χ2n) is 4.73. The van der Waals surface area contributed by atoms with E-state index in [0.717, 1.165) is 22.5 Å². The molecule has 1 amide bonds. The van der Waals surface area contributed by atoms with Crippen LogP contribution in [0, 0.1) is 13.8 Å². The first-order valence-corrected chi connectivity index (χ1v) is 6.33. The highest BCUT2D eigenvalue weighted by atomic mass is 16.2. The highest BCUT2D eigenvalue weighted by molar-refractivity contribution is 6.07. The number of hydrogen-bond acceptors (Lipinski definition) is 3. The van der Waals surface area contributed by atoms with Crippen LogP contribution in [-0.2, 0) is 4.79 Å². The number of aromatic nitrogens is 1. The smallest absolute Gasteiger partial charge is 0.225 e. The zero-order chi connectivity index (χ0) is 14.7. The maximum Gasteiger partial charge on any atom is 0.225 e. The molecule has 2 aromatic rings. The first-order valence-electron chi connectivity index (χ1n) is 6.33. The fourth-order valence-electron chi connectivity index (χ4n) is 2.11. The van der Waals surface area contributed by atoms with Gasteiger partial charge in [-0.1, -0.05) is 24.3 Å². The summed E-state index contributed by atoms with van der Waals surface area (Å²) in [5.41, 5.74) is 9.28. The number of Topliss-reactive ketones (excluding diaryl/α,β-unsaturated/α-hetero) is 1. The molecule has 0 fully saturated rings. The molecule has 1 aromatic carbocycles. The van der Waals surface area contributed by atoms with Crippen LogP contribution in [0.3, 0.4) is 0 Å². The number of nitrogens with two attached hydrogens (primary N) is 1. The minimum atomic E-state index is -0.617. The van der Waals surface area contributed by atoms with E-state index in [1.807, 2.05) is 32.0 Å². The SMILES string of the molecule is Cc1ccc(-c2cccc(C(=O)CC(N)=O)c2)c(C)n1. The first-order chi connectivity index (χ1) is 9.47. The number of pyridine rings is 1. The Hall–Kier alpha value is -2.49. The number of nitrogens with zero attached hydrogens (tertiary/aromatic N) is 1. The van der Waals surface area contributed by atoms with Crippen molar-refractivity contribution in [2.75, 3.05) is 0 Å². The van der Waals surface area contributed by atoms with Gasteiger partial charge in [-0.15, -0.1) is 0 Å². The van der Waals surface area contributed by atoms with Gasteiger partial charge in [0.05, 0.1) is 6.42 Å². The topological polar surface area (TPSA) is 73.1 Å². The predicted octanol–water partition coefficient (Wildman–Crippen LogP) is 2.42. The van der Waals surface area contributed by atoms with Gasteiger partial charge in [0.2, 0.25) is 5.91 Å². The average Bonchev–Trinajstić information content (AvgIpc) is 2.38. The van der Waals surface area contributed by atoms with Gasteiger partial charge in [-0.3, -0.25) is 14.6 Å². The van der Waals surface area contributed by atoms with Gasteiger partial charge >= 0.3 is 0 Å². The molecule has 0 saturated heterocycles. The quantitative estimate of drug-likeness (QED) is 0.683. The maximum absolute atomic E-state index is 11.9. The molecule has 4 nitrogen and oxygen atoms in total. The van der Waals surface area contributed by atoms with Gasteiger partial charge in [-0.2, -0.15) is 0 Å². The van der Waals surface area contributed by atoms with Gasteiger partial charge in [0, 0.05) is 22.5 Å². The molecule has 0 aliphatic rings. The second-order valence-corrected chi connectivity index (χ2v) is 4.73. The van der Waals surface area contributed by atoms with E-state index in [1.165, 1.54) is 0 Å². The van der Waals surface area contributed by atoms with E-state index in [2.05, 4.69) is 4.98 Å². The molecule has 102 valence electrons. The lowest BCUT2D eigenvalue weighted by Crippen LogP contribution is -2.16. The van der Waals surface area contributed by atoms with Crippen molar-refractivity contribution in [3.63, 3.8) is 0 Å². The van der Waals surface area contributed by atoms with Crippen molar-refractivity contribution in [2.24, 2.45) is 5.73 Å². The molecule has 0 atom stereocenters. The Morgan fingerprint density at radius 1 is 1.15 bits per heavy atom. The summed E-state index contributed by atoms with van der Waals surface area (Å²) in [5.74, 6) is -0.884. The summed E-state index contributed by atoms with van der Waals surface area (Å²) in [5, 5.41) is 0. The molecule has 1 aromatic heterocycles. The third kappa shape index (κ3) is 3.09. The first kappa shape index (κ1) is 13.9. The lowest BCUT2D eigenvalue weighted by Gasteiger charge is -2.08. The molecule has 0 spiro atoms. The molecular weight excluding hydrogens is 252 g/mol. The molecule has 1 heterocycles. The Bertz CT molecular complexity index is 678. The number of amides is 1. The third-order valence-electron chi connectivity index (χ3n) is 3.06. The number of carbonyl (C=O) groups is 2. The molecule has 0 aliphatic heterocycles. The second kappa shape index (κ2) is 5.65. The van der Waals surface area contributed by atoms with Crippen LogP contribution in [0.15, 0.2) is 36.4 Å². The monoisotopic (exact) mass is 268 g/mol. The number of benzene rings is 1. The summed E-state index contributed by atoms with van der Waals surface area (Å²) in [4.78, 5) is 27.1. The van der Waals surface area contributed by atoms with Crippen molar-refractivity contribution in [3.8, 4) is 11.1 Å². The van der Waals surface area contributed by atoms with Crippen molar-refractivity contribution < 1.29 is 9.59 Å². The highest BCUT2D eigenvalue weighted by Crippen LogP contribution is 2.23. The van der Waals surface area contributed by atoms with Gasteiger partial charge < -0.3 is 5.73 Å². The fraction of sp³-hybridized carbons (Fsp3) is 0.188. The Kier molecular flexibility index (Phi) is 3.94. The molecule has 4 heteroatoms. The van der Waals surface area contributed by atoms with E-state index < -0.39 is 5.91 Å². The zero-order valence-corrected chi connectivity index (χ0v) is 11.5. The Morgan fingerprint density at radius 2 is 1.90 bits per heavy atom. The molecule has 20 heavy (non-hydrogen) atoms. The van der Waals surface area contributed by atoms with Crippen LogP contribution in [0.2, 0.25) is 0 Å². The van der Waals surface area contributed by atoms with Crippen LogP contribution >= 0.6 is 0 Å². The lowest BCUT2D eigenvalue weighted by atomic mass is 9.99.